The number of aliphatic hydroxyl groups is 2. The van der Waals surface area contributed by atoms with Crippen LogP contribution in [-0.2, 0) is 0 Å². The van der Waals surface area contributed by atoms with Crippen LogP contribution in [0.3, 0.4) is 0 Å². The molecule has 0 aromatic heterocycles. The van der Waals surface area contributed by atoms with Crippen molar-refractivity contribution in [1.29, 1.82) is 0 Å². The Balaban J connectivity index is 3.75. The first-order valence-corrected chi connectivity index (χ1v) is 3.68. The number of hydrogen-bond acceptors (Lipinski definition) is 2. The van der Waals surface area contributed by atoms with E-state index in [1.54, 1.807) is 12.2 Å². The molecule has 2 atom stereocenters. The van der Waals surface area contributed by atoms with E-state index in [4.69, 9.17) is 5.11 Å². The molecule has 0 aliphatic heterocycles. The molecule has 0 fully saturated rings. The summed E-state index contributed by atoms with van der Waals surface area (Å²) in [6.45, 7) is 3.86. The minimum absolute atomic E-state index is 0.00352. The highest BCUT2D eigenvalue weighted by molar-refractivity contribution is 4.88. The Morgan fingerprint density at radius 3 is 2.40 bits per heavy atom. The van der Waals surface area contributed by atoms with Crippen molar-refractivity contribution in [2.45, 2.75) is 26.4 Å². The van der Waals surface area contributed by atoms with Gasteiger partial charge in [0, 0.05) is 12.5 Å². The molecule has 0 spiro atoms. The summed E-state index contributed by atoms with van der Waals surface area (Å²) in [6, 6.07) is 0. The highest BCUT2D eigenvalue weighted by Crippen LogP contribution is 2.08. The molecule has 2 heteroatoms. The van der Waals surface area contributed by atoms with Crippen molar-refractivity contribution in [3.05, 3.63) is 12.2 Å². The lowest BCUT2D eigenvalue weighted by Gasteiger charge is -2.14. The number of allylic oxidation sites excluding steroid dienone is 1. The van der Waals surface area contributed by atoms with E-state index < -0.39 is 6.10 Å². The summed E-state index contributed by atoms with van der Waals surface area (Å²) in [4.78, 5) is 0. The zero-order valence-electron chi connectivity index (χ0n) is 6.62. The van der Waals surface area contributed by atoms with Crippen molar-refractivity contribution in [1.82, 2.24) is 0 Å². The van der Waals surface area contributed by atoms with Gasteiger partial charge in [-0.05, 0) is 13.3 Å². The molecule has 0 amide bonds. The fourth-order valence-corrected chi connectivity index (χ4v) is 0.833. The van der Waals surface area contributed by atoms with Crippen LogP contribution in [0, 0.1) is 5.92 Å². The Labute approximate surface area is 62.2 Å². The van der Waals surface area contributed by atoms with Crippen LogP contribution in [0.25, 0.3) is 0 Å². The van der Waals surface area contributed by atoms with Crippen molar-refractivity contribution in [3.8, 4) is 0 Å². The van der Waals surface area contributed by atoms with Gasteiger partial charge in [0.05, 0.1) is 6.10 Å². The highest BCUT2D eigenvalue weighted by Gasteiger charge is 2.11. The molecule has 0 bridgehead atoms. The average Bonchev–Trinajstić information content (AvgIpc) is 1.91. The molecule has 2 unspecified atom stereocenters. The first-order valence-electron chi connectivity index (χ1n) is 3.68. The highest BCUT2D eigenvalue weighted by atomic mass is 16.3. The van der Waals surface area contributed by atoms with Crippen LogP contribution in [0.15, 0.2) is 12.2 Å². The van der Waals surface area contributed by atoms with Crippen LogP contribution in [0.1, 0.15) is 20.3 Å². The average molecular weight is 144 g/mol. The summed E-state index contributed by atoms with van der Waals surface area (Å²) < 4.78 is 0. The minimum atomic E-state index is -0.486. The molecule has 0 radical (unpaired) electrons. The molecule has 0 aliphatic carbocycles. The lowest BCUT2D eigenvalue weighted by molar-refractivity contribution is 0.0981. The monoisotopic (exact) mass is 144 g/mol. The second kappa shape index (κ2) is 5.45. The van der Waals surface area contributed by atoms with Gasteiger partial charge in [-0.1, -0.05) is 19.1 Å². The van der Waals surface area contributed by atoms with E-state index >= 15 is 0 Å². The Hall–Kier alpha value is -0.340. The Morgan fingerprint density at radius 1 is 1.50 bits per heavy atom. The van der Waals surface area contributed by atoms with E-state index in [9.17, 15) is 5.11 Å². The van der Waals surface area contributed by atoms with E-state index in [0.717, 1.165) is 6.42 Å². The van der Waals surface area contributed by atoms with Gasteiger partial charge < -0.3 is 10.2 Å². The predicted octanol–water partition coefficient (Wildman–Crippen LogP) is 0.942. The molecule has 0 saturated carbocycles. The molecule has 0 aliphatic rings. The van der Waals surface area contributed by atoms with E-state index in [2.05, 4.69) is 0 Å². The molecule has 0 aromatic rings. The van der Waals surface area contributed by atoms with Gasteiger partial charge in [-0.2, -0.15) is 0 Å². The molecule has 10 heavy (non-hydrogen) atoms. The molecule has 0 aromatic carbocycles. The molecule has 0 heterocycles. The third-order valence-corrected chi connectivity index (χ3v) is 1.63. The topological polar surface area (TPSA) is 40.5 Å². The summed E-state index contributed by atoms with van der Waals surface area (Å²) in [7, 11) is 0. The maximum Gasteiger partial charge on any atom is 0.0770 e. The number of hydrogen-bond donors (Lipinski definition) is 2. The van der Waals surface area contributed by atoms with Crippen LogP contribution in [0.2, 0.25) is 0 Å². The summed E-state index contributed by atoms with van der Waals surface area (Å²) in [5, 5.41) is 18.0. The predicted molar refractivity (Wildman–Crippen MR) is 41.7 cm³/mol. The van der Waals surface area contributed by atoms with Crippen molar-refractivity contribution in [2.24, 2.45) is 5.92 Å². The summed E-state index contributed by atoms with van der Waals surface area (Å²) in [5.41, 5.74) is 0. The summed E-state index contributed by atoms with van der Waals surface area (Å²) in [5.74, 6) is -0.00352. The van der Waals surface area contributed by atoms with Gasteiger partial charge >= 0.3 is 0 Å². The van der Waals surface area contributed by atoms with Crippen LogP contribution in [0.4, 0.5) is 0 Å². The molecule has 2 N–H and O–H groups in total. The maximum absolute atomic E-state index is 9.26. The van der Waals surface area contributed by atoms with Crippen LogP contribution >= 0.6 is 0 Å². The Kier molecular flexibility index (Phi) is 5.26. The first kappa shape index (κ1) is 9.66. The standard InChI is InChI=1S/C8H16O2/c1-3-5-8(10)7(4-2)6-9/h3,5,7-10H,4,6H2,1-2H3/b5-3+. The molecule has 60 valence electrons. The SMILES string of the molecule is C/C=C/C(O)C(CC)CO. The normalized spacial score (nSPS) is 17.6. The van der Waals surface area contributed by atoms with E-state index in [0.29, 0.717) is 0 Å². The van der Waals surface area contributed by atoms with Gasteiger partial charge in [0.15, 0.2) is 0 Å². The van der Waals surface area contributed by atoms with Crippen LogP contribution in [0.5, 0.6) is 0 Å². The number of aliphatic hydroxyl groups excluding tert-OH is 2. The maximum atomic E-state index is 9.26. The third-order valence-electron chi connectivity index (χ3n) is 1.63. The van der Waals surface area contributed by atoms with E-state index in [1.807, 2.05) is 13.8 Å². The first-order chi connectivity index (χ1) is 4.76. The van der Waals surface area contributed by atoms with Gasteiger partial charge in [-0.25, -0.2) is 0 Å². The largest absolute Gasteiger partial charge is 0.396 e. The number of rotatable bonds is 4. The van der Waals surface area contributed by atoms with Crippen LogP contribution in [-0.4, -0.2) is 22.9 Å². The van der Waals surface area contributed by atoms with Gasteiger partial charge in [-0.15, -0.1) is 0 Å². The summed E-state index contributed by atoms with van der Waals surface area (Å²) >= 11 is 0. The molecule has 0 rings (SSSR count). The van der Waals surface area contributed by atoms with Crippen molar-refractivity contribution in [2.75, 3.05) is 6.61 Å². The summed E-state index contributed by atoms with van der Waals surface area (Å²) in [6.07, 6.45) is 3.81. The lowest BCUT2D eigenvalue weighted by Crippen LogP contribution is -2.20. The fraction of sp³-hybridized carbons (Fsp3) is 0.750. The van der Waals surface area contributed by atoms with E-state index in [1.165, 1.54) is 0 Å². The molecule has 2 nitrogen and oxygen atoms in total. The van der Waals surface area contributed by atoms with Gasteiger partial charge in [0.25, 0.3) is 0 Å². The van der Waals surface area contributed by atoms with Crippen molar-refractivity contribution in [3.63, 3.8) is 0 Å². The lowest BCUT2D eigenvalue weighted by atomic mass is 10.0. The molecular weight excluding hydrogens is 128 g/mol. The van der Waals surface area contributed by atoms with E-state index in [-0.39, 0.29) is 12.5 Å². The van der Waals surface area contributed by atoms with Gasteiger partial charge in [0.2, 0.25) is 0 Å². The van der Waals surface area contributed by atoms with Crippen molar-refractivity contribution < 1.29 is 10.2 Å². The van der Waals surface area contributed by atoms with Crippen molar-refractivity contribution >= 4 is 0 Å². The Morgan fingerprint density at radius 2 is 2.10 bits per heavy atom. The molecular formula is C8H16O2. The minimum Gasteiger partial charge on any atom is -0.396 e. The molecule has 0 saturated heterocycles. The third kappa shape index (κ3) is 2.99. The smallest absolute Gasteiger partial charge is 0.0770 e. The fourth-order valence-electron chi connectivity index (χ4n) is 0.833. The zero-order valence-corrected chi connectivity index (χ0v) is 6.62. The Bertz CT molecular complexity index is 95.4. The second-order valence-electron chi connectivity index (χ2n) is 2.37. The van der Waals surface area contributed by atoms with Gasteiger partial charge in [0.1, 0.15) is 0 Å². The zero-order chi connectivity index (χ0) is 7.98. The quantitative estimate of drug-likeness (QED) is 0.576. The van der Waals surface area contributed by atoms with Crippen LogP contribution < -0.4 is 0 Å². The van der Waals surface area contributed by atoms with Gasteiger partial charge in [-0.3, -0.25) is 0 Å². The second-order valence-corrected chi connectivity index (χ2v) is 2.37.